The van der Waals surface area contributed by atoms with Crippen LogP contribution >= 0.6 is 35.8 Å². The van der Waals surface area contributed by atoms with Gasteiger partial charge in [0.05, 0.1) is 12.8 Å². The summed E-state index contributed by atoms with van der Waals surface area (Å²) >= 11 is 12.2. The van der Waals surface area contributed by atoms with Crippen LogP contribution in [-0.4, -0.2) is 45.8 Å². The van der Waals surface area contributed by atoms with Crippen LogP contribution in [0.4, 0.5) is 0 Å². The van der Waals surface area contributed by atoms with Crippen molar-refractivity contribution in [2.45, 2.75) is 20.8 Å². The number of methoxy groups -OCH3 is 1. The van der Waals surface area contributed by atoms with Crippen LogP contribution in [0.1, 0.15) is 20.8 Å². The third-order valence-corrected chi connectivity index (χ3v) is 6.96. The van der Waals surface area contributed by atoms with Crippen LogP contribution in [0.5, 0.6) is 5.75 Å². The quantitative estimate of drug-likeness (QED) is 0.330. The molecule has 2 aromatic heterocycles. The molecule has 1 N–H and O–H groups in total. The molecular formula is C24H28N4O2S3. The normalized spacial score (nSPS) is 10.8. The van der Waals surface area contributed by atoms with Crippen LogP contribution in [0.15, 0.2) is 59.4 Å². The molecule has 6 nitrogen and oxygen atoms in total. The number of ether oxygens (including phenoxy) is 1. The number of hydrogen-bond acceptors (Lipinski definition) is 6. The maximum absolute atomic E-state index is 13.2. The standard InChI is InChI=1S/C18H13N3O2S3.C6H15N/c1-23-13-10-6-5-9-12(13)21-16(22)14-15(19-17(21)24)20(18(25)26-14)11-7-3-2-4-8-11;1-4-7(5-2)6-3/h2-10H,1H3,(H,19,24);4-6H2,1-3H3. The van der Waals surface area contributed by atoms with Crippen LogP contribution in [0, 0.1) is 8.73 Å². The van der Waals surface area contributed by atoms with E-state index in [9.17, 15) is 4.79 Å². The third-order valence-electron chi connectivity index (χ3n) is 5.32. The number of nitrogens with zero attached hydrogens (tertiary/aromatic N) is 3. The molecule has 0 spiro atoms. The monoisotopic (exact) mass is 500 g/mol. The predicted octanol–water partition coefficient (Wildman–Crippen LogP) is 5.99. The molecule has 9 heteroatoms. The molecule has 2 aromatic carbocycles. The number of aromatic amines is 1. The summed E-state index contributed by atoms with van der Waals surface area (Å²) in [4.78, 5) is 18.7. The number of H-pyrrole nitrogens is 1. The minimum atomic E-state index is -0.223. The van der Waals surface area contributed by atoms with Crippen molar-refractivity contribution < 1.29 is 4.74 Å². The van der Waals surface area contributed by atoms with E-state index in [1.165, 1.54) is 35.5 Å². The summed E-state index contributed by atoms with van der Waals surface area (Å²) in [5.41, 5.74) is 1.85. The van der Waals surface area contributed by atoms with Crippen molar-refractivity contribution in [2.75, 3.05) is 26.7 Å². The molecule has 0 aliphatic heterocycles. The first-order valence-electron chi connectivity index (χ1n) is 10.8. The molecule has 33 heavy (non-hydrogen) atoms. The molecule has 0 amide bonds. The van der Waals surface area contributed by atoms with Crippen LogP contribution in [0.25, 0.3) is 21.7 Å². The van der Waals surface area contributed by atoms with E-state index in [1.54, 1.807) is 19.2 Å². The summed E-state index contributed by atoms with van der Waals surface area (Å²) in [6, 6.07) is 16.9. The lowest BCUT2D eigenvalue weighted by molar-refractivity contribution is 0.321. The molecule has 0 fully saturated rings. The Kier molecular flexibility index (Phi) is 8.74. The van der Waals surface area contributed by atoms with Gasteiger partial charge < -0.3 is 14.6 Å². The Morgan fingerprint density at radius 3 is 2.12 bits per heavy atom. The number of thiazole rings is 1. The van der Waals surface area contributed by atoms with Gasteiger partial charge in [-0.1, -0.05) is 62.4 Å². The minimum Gasteiger partial charge on any atom is -0.495 e. The second kappa shape index (κ2) is 11.5. The fourth-order valence-electron chi connectivity index (χ4n) is 3.50. The number of nitrogens with one attached hydrogen (secondary N) is 1. The Labute approximate surface area is 207 Å². The Balaban J connectivity index is 0.000000383. The average molecular weight is 501 g/mol. The Morgan fingerprint density at radius 2 is 1.55 bits per heavy atom. The van der Waals surface area contributed by atoms with Gasteiger partial charge in [0.25, 0.3) is 5.56 Å². The minimum absolute atomic E-state index is 0.223. The van der Waals surface area contributed by atoms with Gasteiger partial charge in [-0.05, 0) is 68.3 Å². The molecule has 0 saturated carbocycles. The SMILES string of the molecule is CCN(CC)CC.COc1ccccc1-n1c(=S)[nH]c2c(sc(=S)n2-c2ccccc2)c1=O. The highest BCUT2D eigenvalue weighted by Gasteiger charge is 2.16. The number of hydrogen-bond donors (Lipinski definition) is 1. The van der Waals surface area contributed by atoms with Gasteiger partial charge in [0.15, 0.2) is 8.73 Å². The van der Waals surface area contributed by atoms with Gasteiger partial charge in [0.2, 0.25) is 0 Å². The van der Waals surface area contributed by atoms with E-state index in [4.69, 9.17) is 29.2 Å². The highest BCUT2D eigenvalue weighted by molar-refractivity contribution is 7.73. The number of fused-ring (bicyclic) bond motifs is 1. The average Bonchev–Trinajstić information content (AvgIpc) is 3.17. The molecule has 4 rings (SSSR count). The second-order valence-electron chi connectivity index (χ2n) is 7.08. The highest BCUT2D eigenvalue weighted by atomic mass is 32.1. The van der Waals surface area contributed by atoms with Gasteiger partial charge in [-0.25, -0.2) is 4.57 Å². The fourth-order valence-corrected chi connectivity index (χ4v) is 5.10. The summed E-state index contributed by atoms with van der Waals surface area (Å²) in [5, 5.41) is 0. The first-order chi connectivity index (χ1) is 16.0. The number of para-hydroxylation sites is 3. The summed E-state index contributed by atoms with van der Waals surface area (Å²) in [5.74, 6) is 0.569. The molecule has 0 saturated heterocycles. The van der Waals surface area contributed by atoms with E-state index in [-0.39, 0.29) is 10.3 Å². The Bertz CT molecular complexity index is 1380. The van der Waals surface area contributed by atoms with Gasteiger partial charge in [-0.15, -0.1) is 0 Å². The highest BCUT2D eigenvalue weighted by Crippen LogP contribution is 2.25. The third kappa shape index (κ3) is 5.33. The lowest BCUT2D eigenvalue weighted by atomic mass is 10.3. The van der Waals surface area contributed by atoms with E-state index >= 15 is 0 Å². The zero-order valence-corrected chi connectivity index (χ0v) is 21.6. The van der Waals surface area contributed by atoms with Crippen LogP contribution in [-0.2, 0) is 0 Å². The van der Waals surface area contributed by atoms with Gasteiger partial charge in [0, 0.05) is 5.69 Å². The maximum Gasteiger partial charge on any atom is 0.278 e. The van der Waals surface area contributed by atoms with Crippen LogP contribution in [0.3, 0.4) is 0 Å². The molecule has 0 aliphatic rings. The molecule has 0 unspecified atom stereocenters. The lowest BCUT2D eigenvalue weighted by Gasteiger charge is -2.13. The zero-order valence-electron chi connectivity index (χ0n) is 19.2. The topological polar surface area (TPSA) is 55.2 Å². The van der Waals surface area contributed by atoms with E-state index in [1.807, 2.05) is 47.0 Å². The fraction of sp³-hybridized carbons (Fsp3) is 0.292. The van der Waals surface area contributed by atoms with Crippen LogP contribution < -0.4 is 10.3 Å². The number of rotatable bonds is 6. The van der Waals surface area contributed by atoms with E-state index in [0.29, 0.717) is 25.7 Å². The van der Waals surface area contributed by atoms with Crippen molar-refractivity contribution in [3.05, 3.63) is 73.7 Å². The van der Waals surface area contributed by atoms with Crippen molar-refractivity contribution in [3.63, 3.8) is 0 Å². The first kappa shape index (κ1) is 25.0. The van der Waals surface area contributed by atoms with Gasteiger partial charge in [0.1, 0.15) is 16.1 Å². The summed E-state index contributed by atoms with van der Waals surface area (Å²) in [7, 11) is 1.56. The van der Waals surface area contributed by atoms with Gasteiger partial charge >= 0.3 is 0 Å². The van der Waals surface area contributed by atoms with E-state index in [0.717, 1.165) is 5.69 Å². The Morgan fingerprint density at radius 1 is 0.939 bits per heavy atom. The Hall–Kier alpha value is -2.59. The molecule has 4 aromatic rings. The molecule has 0 aliphatic carbocycles. The molecule has 0 bridgehead atoms. The summed E-state index contributed by atoms with van der Waals surface area (Å²) in [6.07, 6.45) is 0. The number of aromatic nitrogens is 3. The molecule has 2 heterocycles. The molecule has 0 radical (unpaired) electrons. The first-order valence-corrected chi connectivity index (χ1v) is 12.4. The second-order valence-corrected chi connectivity index (χ2v) is 9.11. The molecule has 174 valence electrons. The van der Waals surface area contributed by atoms with E-state index < -0.39 is 0 Å². The maximum atomic E-state index is 13.2. The molecule has 0 atom stereocenters. The van der Waals surface area contributed by atoms with Crippen molar-refractivity contribution >= 4 is 46.1 Å². The smallest absolute Gasteiger partial charge is 0.278 e. The zero-order chi connectivity index (χ0) is 24.0. The summed E-state index contributed by atoms with van der Waals surface area (Å²) in [6.45, 7) is 10.1. The lowest BCUT2D eigenvalue weighted by Crippen LogP contribution is -2.21. The van der Waals surface area contributed by atoms with Crippen molar-refractivity contribution in [3.8, 4) is 17.1 Å². The van der Waals surface area contributed by atoms with E-state index in [2.05, 4.69) is 30.7 Å². The van der Waals surface area contributed by atoms with Crippen molar-refractivity contribution in [1.29, 1.82) is 0 Å². The largest absolute Gasteiger partial charge is 0.495 e. The van der Waals surface area contributed by atoms with Gasteiger partial charge in [-0.3, -0.25) is 9.36 Å². The van der Waals surface area contributed by atoms with Crippen molar-refractivity contribution in [1.82, 2.24) is 19.0 Å². The number of benzene rings is 2. The van der Waals surface area contributed by atoms with Gasteiger partial charge in [-0.2, -0.15) is 0 Å². The molecular weight excluding hydrogens is 472 g/mol. The van der Waals surface area contributed by atoms with Crippen molar-refractivity contribution in [2.24, 2.45) is 0 Å². The summed E-state index contributed by atoms with van der Waals surface area (Å²) < 4.78 is 10.0. The predicted molar refractivity (Wildman–Crippen MR) is 143 cm³/mol. The van der Waals surface area contributed by atoms with Crippen LogP contribution in [0.2, 0.25) is 0 Å².